The lowest BCUT2D eigenvalue weighted by Crippen LogP contribution is -2.46. The van der Waals surface area contributed by atoms with Gasteiger partial charge in [-0.2, -0.15) is 4.31 Å². The number of ether oxygens (including phenoxy) is 1. The van der Waals surface area contributed by atoms with Gasteiger partial charge in [0.25, 0.3) is 5.91 Å². The highest BCUT2D eigenvalue weighted by molar-refractivity contribution is 7.89. The summed E-state index contributed by atoms with van der Waals surface area (Å²) in [6.45, 7) is 5.55. The van der Waals surface area contributed by atoms with Crippen LogP contribution in [-0.4, -0.2) is 68.8 Å². The zero-order chi connectivity index (χ0) is 26.0. The fourth-order valence-corrected chi connectivity index (χ4v) is 7.16. The number of fused-ring (bicyclic) bond motifs is 2. The lowest BCUT2D eigenvalue weighted by atomic mass is 9.98. The van der Waals surface area contributed by atoms with Crippen molar-refractivity contribution < 1.29 is 22.7 Å². The van der Waals surface area contributed by atoms with E-state index in [4.69, 9.17) is 4.74 Å². The predicted octanol–water partition coefficient (Wildman–Crippen LogP) is 2.29. The summed E-state index contributed by atoms with van der Waals surface area (Å²) in [5, 5.41) is 5.73. The van der Waals surface area contributed by atoms with Crippen molar-refractivity contribution in [2.75, 3.05) is 44.6 Å². The average Bonchev–Trinajstić information content (AvgIpc) is 2.90. The van der Waals surface area contributed by atoms with E-state index in [0.717, 1.165) is 32.5 Å². The maximum atomic E-state index is 13.5. The van der Waals surface area contributed by atoms with Gasteiger partial charge < -0.3 is 15.4 Å². The van der Waals surface area contributed by atoms with Crippen molar-refractivity contribution in [3.63, 3.8) is 0 Å². The second kappa shape index (κ2) is 10.8. The molecule has 3 aliphatic heterocycles. The van der Waals surface area contributed by atoms with Crippen molar-refractivity contribution in [2.45, 2.75) is 44.0 Å². The molecule has 10 heteroatoms. The van der Waals surface area contributed by atoms with Gasteiger partial charge in [0.15, 0.2) is 6.61 Å². The molecule has 3 aliphatic rings. The number of carbonyl (C=O) groups excluding carboxylic acids is 2. The van der Waals surface area contributed by atoms with Gasteiger partial charge in [-0.05, 0) is 55.4 Å². The quantitative estimate of drug-likeness (QED) is 0.536. The van der Waals surface area contributed by atoms with Gasteiger partial charge in [0.05, 0.1) is 16.5 Å². The highest BCUT2D eigenvalue weighted by Gasteiger charge is 2.35. The number of nitrogens with zero attached hydrogens (tertiary/aromatic N) is 2. The van der Waals surface area contributed by atoms with Crippen molar-refractivity contribution in [1.82, 2.24) is 14.5 Å². The minimum absolute atomic E-state index is 0.0860. The Morgan fingerprint density at radius 2 is 2.00 bits per heavy atom. The van der Waals surface area contributed by atoms with Gasteiger partial charge in [0.1, 0.15) is 5.75 Å². The molecule has 2 N–H and O–H groups in total. The number of nitrogens with one attached hydrogen (secondary N) is 2. The van der Waals surface area contributed by atoms with E-state index in [1.54, 1.807) is 13.0 Å². The molecule has 1 saturated heterocycles. The van der Waals surface area contributed by atoms with E-state index in [2.05, 4.69) is 39.8 Å². The SMILES string of the molecule is Cc1cc2c(cc1S(=O)(=O)N1CCC[C@@H](C(=O)NCCCN3CCc4ccccc4C3)C1)OCC(=O)N2. The molecule has 2 aromatic carbocycles. The highest BCUT2D eigenvalue weighted by Crippen LogP contribution is 2.35. The number of rotatable bonds is 7. The number of carbonyl (C=O) groups is 2. The molecular formula is C27H34N4O5S. The van der Waals surface area contributed by atoms with Crippen molar-refractivity contribution >= 4 is 27.5 Å². The molecule has 0 unspecified atom stereocenters. The van der Waals surface area contributed by atoms with Crippen LogP contribution in [0.1, 0.15) is 36.0 Å². The fourth-order valence-electron chi connectivity index (χ4n) is 5.41. The Morgan fingerprint density at radius 1 is 1.19 bits per heavy atom. The molecule has 2 amide bonds. The number of piperidine rings is 1. The molecule has 198 valence electrons. The number of amides is 2. The van der Waals surface area contributed by atoms with E-state index in [1.165, 1.54) is 21.5 Å². The summed E-state index contributed by atoms with van der Waals surface area (Å²) in [6.07, 6.45) is 3.20. The third-order valence-corrected chi connectivity index (χ3v) is 9.45. The van der Waals surface area contributed by atoms with Crippen LogP contribution < -0.4 is 15.4 Å². The molecule has 3 heterocycles. The number of benzene rings is 2. The Morgan fingerprint density at radius 3 is 2.84 bits per heavy atom. The maximum absolute atomic E-state index is 13.5. The zero-order valence-corrected chi connectivity index (χ0v) is 22.0. The van der Waals surface area contributed by atoms with Gasteiger partial charge in [0.2, 0.25) is 15.9 Å². The Labute approximate surface area is 218 Å². The molecule has 0 aliphatic carbocycles. The first-order chi connectivity index (χ1) is 17.8. The molecule has 0 aromatic heterocycles. The number of anilines is 1. The molecule has 0 radical (unpaired) electrons. The van der Waals surface area contributed by atoms with Gasteiger partial charge in [-0.3, -0.25) is 14.5 Å². The summed E-state index contributed by atoms with van der Waals surface area (Å²) >= 11 is 0. The highest BCUT2D eigenvalue weighted by atomic mass is 32.2. The maximum Gasteiger partial charge on any atom is 0.262 e. The normalized spacial score (nSPS) is 20.4. The molecule has 2 aromatic rings. The smallest absolute Gasteiger partial charge is 0.262 e. The van der Waals surface area contributed by atoms with Crippen LogP contribution in [0.5, 0.6) is 5.75 Å². The summed E-state index contributed by atoms with van der Waals surface area (Å²) in [5.74, 6) is -0.392. The predicted molar refractivity (Wildman–Crippen MR) is 140 cm³/mol. The summed E-state index contributed by atoms with van der Waals surface area (Å²) < 4.78 is 33.8. The Bertz CT molecular complexity index is 1300. The van der Waals surface area contributed by atoms with E-state index in [0.29, 0.717) is 42.9 Å². The molecule has 9 nitrogen and oxygen atoms in total. The van der Waals surface area contributed by atoms with Crippen molar-refractivity contribution in [2.24, 2.45) is 5.92 Å². The van der Waals surface area contributed by atoms with Gasteiger partial charge in [-0.15, -0.1) is 0 Å². The molecule has 37 heavy (non-hydrogen) atoms. The van der Waals surface area contributed by atoms with E-state index >= 15 is 0 Å². The van der Waals surface area contributed by atoms with Crippen LogP contribution in [0.15, 0.2) is 41.3 Å². The van der Waals surface area contributed by atoms with Gasteiger partial charge >= 0.3 is 0 Å². The first-order valence-electron chi connectivity index (χ1n) is 13.0. The van der Waals surface area contributed by atoms with Crippen LogP contribution >= 0.6 is 0 Å². The Kier molecular flexibility index (Phi) is 7.50. The van der Waals surface area contributed by atoms with E-state index in [-0.39, 0.29) is 35.8 Å². The van der Waals surface area contributed by atoms with Crippen molar-refractivity contribution in [3.05, 3.63) is 53.1 Å². The average molecular weight is 527 g/mol. The van der Waals surface area contributed by atoms with Crippen LogP contribution in [0.3, 0.4) is 0 Å². The molecule has 0 bridgehead atoms. The largest absolute Gasteiger partial charge is 0.482 e. The van der Waals surface area contributed by atoms with Crippen LogP contribution in [-0.2, 0) is 32.6 Å². The molecule has 0 saturated carbocycles. The van der Waals surface area contributed by atoms with Crippen molar-refractivity contribution in [3.8, 4) is 5.75 Å². The van der Waals surface area contributed by atoms with Gasteiger partial charge in [-0.1, -0.05) is 24.3 Å². The summed E-state index contributed by atoms with van der Waals surface area (Å²) in [5.41, 5.74) is 3.80. The zero-order valence-electron chi connectivity index (χ0n) is 21.2. The topological polar surface area (TPSA) is 108 Å². The minimum Gasteiger partial charge on any atom is -0.482 e. The van der Waals surface area contributed by atoms with Crippen LogP contribution in [0.25, 0.3) is 0 Å². The lowest BCUT2D eigenvalue weighted by molar-refractivity contribution is -0.126. The number of hydrogen-bond acceptors (Lipinski definition) is 6. The summed E-state index contributed by atoms with van der Waals surface area (Å²) in [7, 11) is -3.82. The molecule has 5 rings (SSSR count). The Hall–Kier alpha value is -2.95. The summed E-state index contributed by atoms with van der Waals surface area (Å²) in [4.78, 5) is 27.0. The fraction of sp³-hybridized carbons (Fsp3) is 0.481. The third-order valence-electron chi connectivity index (χ3n) is 7.44. The van der Waals surface area contributed by atoms with Gasteiger partial charge in [-0.25, -0.2) is 8.42 Å². The lowest BCUT2D eigenvalue weighted by Gasteiger charge is -2.32. The van der Waals surface area contributed by atoms with Crippen molar-refractivity contribution in [1.29, 1.82) is 0 Å². The van der Waals surface area contributed by atoms with Crippen LogP contribution in [0.2, 0.25) is 0 Å². The monoisotopic (exact) mass is 526 g/mol. The standard InChI is InChI=1S/C27H34N4O5S/c1-19-14-23-24(36-18-26(32)29-23)15-25(19)37(34,35)31-12-4-8-22(17-31)27(33)28-10-5-11-30-13-9-20-6-2-3-7-21(20)16-30/h2-3,6-7,14-15,22H,4-5,8-13,16-18H2,1H3,(H,28,33)(H,29,32)/t22-/m1/s1. The van der Waals surface area contributed by atoms with E-state index < -0.39 is 10.0 Å². The van der Waals surface area contributed by atoms with Gasteiger partial charge in [0, 0.05) is 45.3 Å². The Balaban J connectivity index is 1.14. The molecule has 0 spiro atoms. The number of sulfonamides is 1. The second-order valence-electron chi connectivity index (χ2n) is 10.1. The summed E-state index contributed by atoms with van der Waals surface area (Å²) in [6, 6.07) is 11.6. The third kappa shape index (κ3) is 5.66. The van der Waals surface area contributed by atoms with E-state index in [9.17, 15) is 18.0 Å². The number of aryl methyl sites for hydroxylation is 1. The second-order valence-corrected chi connectivity index (χ2v) is 12.0. The van der Waals surface area contributed by atoms with E-state index in [1.807, 2.05) is 0 Å². The van der Waals surface area contributed by atoms with Crippen LogP contribution in [0.4, 0.5) is 5.69 Å². The first-order valence-corrected chi connectivity index (χ1v) is 14.4. The van der Waals surface area contributed by atoms with Crippen LogP contribution in [0, 0.1) is 12.8 Å². The number of hydrogen-bond donors (Lipinski definition) is 2. The molecular weight excluding hydrogens is 492 g/mol. The first kappa shape index (κ1) is 25.7. The minimum atomic E-state index is -3.82. The molecule has 1 fully saturated rings. The molecule has 1 atom stereocenters.